The normalized spacial score (nSPS) is 17.5. The highest BCUT2D eigenvalue weighted by molar-refractivity contribution is 6.42. The van der Waals surface area contributed by atoms with Gasteiger partial charge in [-0.2, -0.15) is 0 Å². The van der Waals surface area contributed by atoms with Crippen LogP contribution < -0.4 is 21.3 Å². The van der Waals surface area contributed by atoms with Gasteiger partial charge in [-0.15, -0.1) is 11.6 Å². The number of aryl methyl sites for hydroxylation is 4. The van der Waals surface area contributed by atoms with Crippen LogP contribution in [0.4, 0.5) is 0 Å². The highest BCUT2D eigenvalue weighted by Crippen LogP contribution is 2.32. The third kappa shape index (κ3) is 18.6. The molecule has 0 fully saturated rings. The molecule has 0 aliphatic carbocycles. The molecule has 8 aromatic carbocycles. The van der Waals surface area contributed by atoms with E-state index in [1.165, 1.54) is 55.6 Å². The summed E-state index contributed by atoms with van der Waals surface area (Å²) in [5.41, 5.74) is 18.3. The van der Waals surface area contributed by atoms with Gasteiger partial charge in [0.05, 0.1) is 34.2 Å². The van der Waals surface area contributed by atoms with Gasteiger partial charge >= 0.3 is 0 Å². The monoisotopic (exact) mass is 1310 g/mol. The van der Waals surface area contributed by atoms with Crippen LogP contribution in [0.2, 0.25) is 10.0 Å². The van der Waals surface area contributed by atoms with Gasteiger partial charge in [0.25, 0.3) is 23.6 Å². The quantitative estimate of drug-likeness (QED) is 0.0747. The highest BCUT2D eigenvalue weighted by Gasteiger charge is 2.30. The summed E-state index contributed by atoms with van der Waals surface area (Å²) in [4.78, 5) is 58.9. The molecule has 4 unspecified atom stereocenters. The summed E-state index contributed by atoms with van der Waals surface area (Å²) in [5.74, 6) is 0.447. The number of nitrogens with one attached hydrogen (secondary N) is 4. The van der Waals surface area contributed by atoms with Crippen LogP contribution in [0.1, 0.15) is 139 Å². The van der Waals surface area contributed by atoms with Crippen LogP contribution in [0, 0.1) is 20.8 Å². The predicted octanol–water partition coefficient (Wildman–Crippen LogP) is 14.0. The Morgan fingerprint density at radius 1 is 0.409 bits per heavy atom. The number of fused-ring (bicyclic) bond motifs is 4. The second-order valence-electron chi connectivity index (χ2n) is 24.7. The largest absolute Gasteiger partial charge is 0.350 e. The second-order valence-corrected chi connectivity index (χ2v) is 25.9. The first-order valence-corrected chi connectivity index (χ1v) is 33.8. The maximum atomic E-state index is 12.4. The van der Waals surface area contributed by atoms with Crippen molar-refractivity contribution in [3.8, 4) is 0 Å². The average Bonchev–Trinajstić information content (AvgIpc) is 0.932. The maximum Gasteiger partial charge on any atom is 0.251 e. The number of rotatable bonds is 15. The zero-order valence-electron chi connectivity index (χ0n) is 54.8. The molecule has 4 atom stereocenters. The van der Waals surface area contributed by atoms with Gasteiger partial charge in [0.1, 0.15) is 0 Å². The molecule has 0 saturated heterocycles. The first-order valence-electron chi connectivity index (χ1n) is 32.5. The number of carbonyl (C=O) groups excluding carboxylic acids is 4. The standard InChI is InChI=1S/C20H23ClN2O.2C20H24N2O.C18H18Cl2N2O/c1-15-6-8-17(9-7-15)20(24)22-14-19-18-5-3-2-4-16(18)10-12-23(19)13-11-21;1-14-8-9-17(12-15(14)2)20(23)21-13-19-18-7-5-4-6-16(18)10-11-22(19)3;1-3-15-8-10-17(11-9-15)20(23)21-14-19-18-7-5-4-6-16(18)12-13-22(19)2;1-22-9-8-12-4-2-3-5-14(12)17(22)11-21-18(23)13-6-7-15(19)16(20)10-13/h2-9,19H,10-14H2,1H3,(H,22,24);4-9,12,19H,10-11,13H2,1-3H3,(H,21,23);4-11,19H,3,12-14H2,1-2H3,(H,21,23);2-7,10,17H,8-9,11H2,1H3,(H,21,23). The van der Waals surface area contributed by atoms with Gasteiger partial charge < -0.3 is 21.3 Å². The third-order valence-corrected chi connectivity index (χ3v) is 19.6. The van der Waals surface area contributed by atoms with Crippen molar-refractivity contribution >= 4 is 58.4 Å². The van der Waals surface area contributed by atoms with E-state index in [0.717, 1.165) is 87.1 Å². The lowest BCUT2D eigenvalue weighted by Gasteiger charge is -2.37. The summed E-state index contributed by atoms with van der Waals surface area (Å²) in [7, 11) is 6.34. The number of benzene rings is 8. The molecule has 93 heavy (non-hydrogen) atoms. The molecular weight excluding hydrogens is 1220 g/mol. The Labute approximate surface area is 566 Å². The number of carbonyl (C=O) groups is 4. The minimum atomic E-state index is -0.139. The van der Waals surface area contributed by atoms with E-state index < -0.39 is 0 Å². The Hall–Kier alpha value is -7.65. The topological polar surface area (TPSA) is 129 Å². The number of nitrogens with zero attached hydrogens (tertiary/aromatic N) is 4. The van der Waals surface area contributed by atoms with Crippen LogP contribution in [0.3, 0.4) is 0 Å². The number of halogens is 3. The van der Waals surface area contributed by atoms with Gasteiger partial charge in [-0.05, 0) is 190 Å². The predicted molar refractivity (Wildman–Crippen MR) is 380 cm³/mol. The van der Waals surface area contributed by atoms with Gasteiger partial charge in [0.2, 0.25) is 0 Å². The molecule has 0 spiro atoms. The summed E-state index contributed by atoms with van der Waals surface area (Å²) < 4.78 is 0. The summed E-state index contributed by atoms with van der Waals surface area (Å²) >= 11 is 17.8. The SMILES string of the molecule is CCc1ccc(C(=O)NCC2c3ccccc3CCN2C)cc1.CN1CCc2ccccc2C1CNC(=O)c1ccc(Cl)c(Cl)c1.Cc1ccc(C(=O)NCC2c3ccccc3CCN2C)cc1C.Cc1ccc(C(=O)NCC2c3ccccc3CCN2CCCl)cc1. The minimum absolute atomic E-state index is 0.00380. The number of amides is 4. The van der Waals surface area contributed by atoms with Crippen LogP contribution in [-0.4, -0.2) is 129 Å². The Balaban J connectivity index is 0.000000146. The highest BCUT2D eigenvalue weighted by atomic mass is 35.5. The van der Waals surface area contributed by atoms with Gasteiger partial charge in [-0.3, -0.25) is 38.8 Å². The Morgan fingerprint density at radius 2 is 0.763 bits per heavy atom. The van der Waals surface area contributed by atoms with E-state index in [1.807, 2.05) is 86.6 Å². The lowest BCUT2D eigenvalue weighted by atomic mass is 9.92. The molecule has 15 heteroatoms. The fourth-order valence-electron chi connectivity index (χ4n) is 12.7. The minimum Gasteiger partial charge on any atom is -0.350 e. The molecule has 0 bridgehead atoms. The van der Waals surface area contributed by atoms with E-state index in [1.54, 1.807) is 18.2 Å². The van der Waals surface area contributed by atoms with E-state index in [9.17, 15) is 19.2 Å². The van der Waals surface area contributed by atoms with E-state index in [-0.39, 0.29) is 47.8 Å². The number of likely N-dealkylation sites (N-methyl/N-ethyl adjacent to an activating group) is 3. The molecule has 4 N–H and O–H groups in total. The molecular formula is C78H89Cl3N8O4. The number of alkyl halides is 1. The van der Waals surface area contributed by atoms with E-state index in [4.69, 9.17) is 34.8 Å². The molecule has 8 aromatic rings. The first kappa shape index (κ1) is 69.7. The molecule has 0 aromatic heterocycles. The fraction of sp³-hybridized carbons (Fsp3) is 0.333. The number of hydrogen-bond donors (Lipinski definition) is 4. The second kappa shape index (κ2) is 34.0. The molecule has 0 saturated carbocycles. The van der Waals surface area contributed by atoms with Crippen LogP contribution in [-0.2, 0) is 32.1 Å². The number of hydrogen-bond acceptors (Lipinski definition) is 8. The van der Waals surface area contributed by atoms with Crippen molar-refractivity contribution in [2.45, 2.75) is 84.0 Å². The van der Waals surface area contributed by atoms with Gasteiger partial charge in [0, 0.05) is 87.0 Å². The fourth-order valence-corrected chi connectivity index (χ4v) is 13.2. The van der Waals surface area contributed by atoms with Crippen molar-refractivity contribution in [2.75, 3.05) is 85.9 Å². The molecule has 4 aliphatic rings. The van der Waals surface area contributed by atoms with Gasteiger partial charge in [-0.25, -0.2) is 0 Å². The van der Waals surface area contributed by atoms with Gasteiger partial charge in [-0.1, -0.05) is 163 Å². The zero-order chi connectivity index (χ0) is 66.0. The van der Waals surface area contributed by atoms with Crippen LogP contribution in [0.25, 0.3) is 0 Å². The lowest BCUT2D eigenvalue weighted by molar-refractivity contribution is 0.0924. The summed E-state index contributed by atoms with van der Waals surface area (Å²) in [6.07, 6.45) is 5.23. The summed E-state index contributed by atoms with van der Waals surface area (Å²) in [6, 6.07) is 61.2. The van der Waals surface area contributed by atoms with Crippen molar-refractivity contribution in [1.82, 2.24) is 40.9 Å². The van der Waals surface area contributed by atoms with Crippen molar-refractivity contribution in [3.05, 3.63) is 281 Å². The van der Waals surface area contributed by atoms with Crippen molar-refractivity contribution < 1.29 is 19.2 Å². The molecule has 4 heterocycles. The Kier molecular flexibility index (Phi) is 25.5. The van der Waals surface area contributed by atoms with E-state index in [0.29, 0.717) is 53.2 Å². The van der Waals surface area contributed by atoms with Crippen LogP contribution in [0.5, 0.6) is 0 Å². The van der Waals surface area contributed by atoms with Crippen molar-refractivity contribution in [2.24, 2.45) is 0 Å². The summed E-state index contributed by atoms with van der Waals surface area (Å²) in [5, 5.41) is 13.1. The van der Waals surface area contributed by atoms with Crippen molar-refractivity contribution in [1.29, 1.82) is 0 Å². The van der Waals surface area contributed by atoms with Crippen LogP contribution >= 0.6 is 34.8 Å². The molecule has 486 valence electrons. The van der Waals surface area contributed by atoms with E-state index >= 15 is 0 Å². The zero-order valence-corrected chi connectivity index (χ0v) is 57.1. The van der Waals surface area contributed by atoms with Crippen molar-refractivity contribution in [3.63, 3.8) is 0 Å². The Bertz CT molecular complexity index is 3700. The lowest BCUT2D eigenvalue weighted by Crippen LogP contribution is -2.42. The summed E-state index contributed by atoms with van der Waals surface area (Å²) in [6.45, 7) is 15.5. The molecule has 12 rings (SSSR count). The van der Waals surface area contributed by atoms with Crippen LogP contribution in [0.15, 0.2) is 182 Å². The maximum absolute atomic E-state index is 12.4. The first-order chi connectivity index (χ1) is 45.0. The molecule has 0 radical (unpaired) electrons. The molecule has 12 nitrogen and oxygen atoms in total. The van der Waals surface area contributed by atoms with Gasteiger partial charge in [0.15, 0.2) is 0 Å². The average molecular weight is 1310 g/mol. The van der Waals surface area contributed by atoms with E-state index in [2.05, 4.69) is 167 Å². The molecule has 4 amide bonds. The third-order valence-electron chi connectivity index (χ3n) is 18.6. The molecule has 4 aliphatic heterocycles. The smallest absolute Gasteiger partial charge is 0.251 e. The Morgan fingerprint density at radius 3 is 1.17 bits per heavy atom.